The molecule has 0 radical (unpaired) electrons. The molecule has 0 N–H and O–H groups in total. The van der Waals surface area contributed by atoms with E-state index in [4.69, 9.17) is 4.74 Å². The largest absolute Gasteiger partial charge is 0.496 e. The van der Waals surface area contributed by atoms with Crippen molar-refractivity contribution in [3.8, 4) is 0 Å². The molecule has 2 heterocycles. The van der Waals surface area contributed by atoms with E-state index in [9.17, 15) is 9.59 Å². The molecule has 0 bridgehead atoms. The first-order chi connectivity index (χ1) is 8.39. The summed E-state index contributed by atoms with van der Waals surface area (Å²) in [6, 6.07) is 0.0790. The number of nitrogens with zero attached hydrogens (tertiary/aromatic N) is 2. The Labute approximate surface area is 107 Å². The lowest BCUT2D eigenvalue weighted by molar-refractivity contribution is -0.146. The van der Waals surface area contributed by atoms with Gasteiger partial charge in [-0.25, -0.2) is 0 Å². The third-order valence-corrected chi connectivity index (χ3v) is 3.49. The van der Waals surface area contributed by atoms with Gasteiger partial charge in [0, 0.05) is 26.4 Å². The molecule has 0 aromatic rings. The van der Waals surface area contributed by atoms with Crippen molar-refractivity contribution in [1.29, 1.82) is 0 Å². The molecule has 5 nitrogen and oxygen atoms in total. The average molecular weight is 252 g/mol. The van der Waals surface area contributed by atoms with E-state index in [1.165, 1.54) is 6.92 Å². The third kappa shape index (κ3) is 2.66. The zero-order valence-corrected chi connectivity index (χ0v) is 11.2. The van der Waals surface area contributed by atoms with Crippen LogP contribution in [-0.4, -0.2) is 52.9 Å². The lowest BCUT2D eigenvalue weighted by Gasteiger charge is -2.41. The van der Waals surface area contributed by atoms with Gasteiger partial charge in [-0.3, -0.25) is 9.59 Å². The molecule has 18 heavy (non-hydrogen) atoms. The molecule has 1 saturated heterocycles. The highest BCUT2D eigenvalue weighted by Gasteiger charge is 2.35. The number of carbonyl (C=O) groups excluding carboxylic acids is 2. The van der Waals surface area contributed by atoms with Crippen molar-refractivity contribution in [3.63, 3.8) is 0 Å². The molecule has 1 fully saturated rings. The fraction of sp³-hybridized carbons (Fsp3) is 0.692. The van der Waals surface area contributed by atoms with Crippen LogP contribution in [0.1, 0.15) is 27.2 Å². The van der Waals surface area contributed by atoms with Crippen molar-refractivity contribution in [2.45, 2.75) is 38.8 Å². The molecule has 1 unspecified atom stereocenters. The van der Waals surface area contributed by atoms with Crippen LogP contribution in [0.25, 0.3) is 0 Å². The van der Waals surface area contributed by atoms with Crippen LogP contribution < -0.4 is 0 Å². The second kappa shape index (κ2) is 4.63. The molecule has 100 valence electrons. The maximum Gasteiger partial charge on any atom is 0.242 e. The molecule has 5 heteroatoms. The molecule has 0 aromatic carbocycles. The smallest absolute Gasteiger partial charge is 0.242 e. The number of amides is 2. The first-order valence-electron chi connectivity index (χ1n) is 6.28. The second-order valence-corrected chi connectivity index (χ2v) is 5.51. The highest BCUT2D eigenvalue weighted by molar-refractivity contribution is 5.85. The number of hydrogen-bond donors (Lipinski definition) is 0. The summed E-state index contributed by atoms with van der Waals surface area (Å²) in [5.41, 5.74) is -0.239. The average Bonchev–Trinajstić information content (AvgIpc) is 2.27. The van der Waals surface area contributed by atoms with E-state index < -0.39 is 0 Å². The SMILES string of the molecule is CC(=O)N1CCN(C2C=COC(C)(C)C2)C(=O)C1. The van der Waals surface area contributed by atoms with Gasteiger partial charge in [0.25, 0.3) is 0 Å². The Hall–Kier alpha value is -1.52. The van der Waals surface area contributed by atoms with Crippen LogP contribution in [0.4, 0.5) is 0 Å². The lowest BCUT2D eigenvalue weighted by Crippen LogP contribution is -2.56. The first kappa shape index (κ1) is 12.9. The van der Waals surface area contributed by atoms with Gasteiger partial charge in [0.2, 0.25) is 11.8 Å². The molecule has 1 atom stereocenters. The standard InChI is InChI=1S/C13H20N2O3/c1-10(16)14-5-6-15(12(17)9-14)11-4-7-18-13(2,3)8-11/h4,7,11H,5-6,8-9H2,1-3H3. The topological polar surface area (TPSA) is 49.9 Å². The van der Waals surface area contributed by atoms with Crippen molar-refractivity contribution >= 4 is 11.8 Å². The highest BCUT2D eigenvalue weighted by atomic mass is 16.5. The van der Waals surface area contributed by atoms with Gasteiger partial charge < -0.3 is 14.5 Å². The molecule has 2 aliphatic heterocycles. The van der Waals surface area contributed by atoms with E-state index in [-0.39, 0.29) is 30.0 Å². The summed E-state index contributed by atoms with van der Waals surface area (Å²) in [7, 11) is 0. The zero-order chi connectivity index (χ0) is 13.3. The van der Waals surface area contributed by atoms with E-state index >= 15 is 0 Å². The second-order valence-electron chi connectivity index (χ2n) is 5.51. The maximum atomic E-state index is 12.1. The van der Waals surface area contributed by atoms with Crippen LogP contribution in [0, 0.1) is 0 Å². The fourth-order valence-electron chi connectivity index (χ4n) is 2.45. The molecular weight excluding hydrogens is 232 g/mol. The monoisotopic (exact) mass is 252 g/mol. The Bertz CT molecular complexity index is 390. The minimum Gasteiger partial charge on any atom is -0.496 e. The van der Waals surface area contributed by atoms with Crippen molar-refractivity contribution < 1.29 is 14.3 Å². The molecule has 2 amide bonds. The van der Waals surface area contributed by atoms with E-state index in [1.54, 1.807) is 11.2 Å². The van der Waals surface area contributed by atoms with E-state index in [2.05, 4.69) is 0 Å². The number of ether oxygens (including phenoxy) is 1. The van der Waals surface area contributed by atoms with Gasteiger partial charge in [0.1, 0.15) is 5.60 Å². The first-order valence-corrected chi connectivity index (χ1v) is 6.28. The summed E-state index contributed by atoms with van der Waals surface area (Å²) in [5.74, 6) is -0.0188. The van der Waals surface area contributed by atoms with Crippen molar-refractivity contribution in [2.24, 2.45) is 0 Å². The fourth-order valence-corrected chi connectivity index (χ4v) is 2.45. The van der Waals surface area contributed by atoms with Crippen LogP contribution in [-0.2, 0) is 14.3 Å². The minimum absolute atomic E-state index is 0.0174. The number of hydrogen-bond acceptors (Lipinski definition) is 3. The van der Waals surface area contributed by atoms with Gasteiger partial charge in [-0.1, -0.05) is 0 Å². The van der Waals surface area contributed by atoms with Gasteiger partial charge >= 0.3 is 0 Å². The minimum atomic E-state index is -0.239. The number of carbonyl (C=O) groups is 2. The Morgan fingerprint density at radius 3 is 2.72 bits per heavy atom. The Balaban J connectivity index is 2.03. The van der Waals surface area contributed by atoms with Crippen molar-refractivity contribution in [3.05, 3.63) is 12.3 Å². The Morgan fingerprint density at radius 1 is 1.44 bits per heavy atom. The summed E-state index contributed by atoms with van der Waals surface area (Å²) in [5, 5.41) is 0. The number of rotatable bonds is 1. The summed E-state index contributed by atoms with van der Waals surface area (Å²) >= 11 is 0. The normalized spacial score (nSPS) is 27.1. The van der Waals surface area contributed by atoms with Gasteiger partial charge in [-0.15, -0.1) is 0 Å². The van der Waals surface area contributed by atoms with E-state index in [1.807, 2.05) is 24.8 Å². The third-order valence-electron chi connectivity index (χ3n) is 3.49. The molecule has 2 aliphatic rings. The Kier molecular flexibility index (Phi) is 3.32. The summed E-state index contributed by atoms with van der Waals surface area (Å²) in [6.07, 6.45) is 4.39. The quantitative estimate of drug-likeness (QED) is 0.692. The Morgan fingerprint density at radius 2 is 2.17 bits per heavy atom. The van der Waals surface area contributed by atoms with Gasteiger partial charge in [0.15, 0.2) is 0 Å². The predicted octanol–water partition coefficient (Wildman–Crippen LogP) is 0.758. The molecule has 0 spiro atoms. The van der Waals surface area contributed by atoms with Crippen LogP contribution in [0.15, 0.2) is 12.3 Å². The zero-order valence-electron chi connectivity index (χ0n) is 11.2. The lowest BCUT2D eigenvalue weighted by atomic mass is 9.95. The molecule has 2 rings (SSSR count). The van der Waals surface area contributed by atoms with Crippen molar-refractivity contribution in [1.82, 2.24) is 9.80 Å². The van der Waals surface area contributed by atoms with Crippen LogP contribution in [0.3, 0.4) is 0 Å². The van der Waals surface area contributed by atoms with Gasteiger partial charge in [0.05, 0.1) is 18.8 Å². The van der Waals surface area contributed by atoms with Crippen molar-refractivity contribution in [2.75, 3.05) is 19.6 Å². The highest BCUT2D eigenvalue weighted by Crippen LogP contribution is 2.26. The van der Waals surface area contributed by atoms with Gasteiger partial charge in [-0.2, -0.15) is 0 Å². The van der Waals surface area contributed by atoms with E-state index in [0.29, 0.717) is 13.1 Å². The summed E-state index contributed by atoms with van der Waals surface area (Å²) in [4.78, 5) is 26.8. The van der Waals surface area contributed by atoms with Gasteiger partial charge in [-0.05, 0) is 19.9 Å². The molecule has 0 aliphatic carbocycles. The summed E-state index contributed by atoms with van der Waals surface area (Å²) < 4.78 is 5.50. The molecular formula is C13H20N2O3. The van der Waals surface area contributed by atoms with Crippen LogP contribution >= 0.6 is 0 Å². The van der Waals surface area contributed by atoms with Crippen LogP contribution in [0.5, 0.6) is 0 Å². The predicted molar refractivity (Wildman–Crippen MR) is 66.7 cm³/mol. The molecule has 0 aromatic heterocycles. The van der Waals surface area contributed by atoms with Crippen LogP contribution in [0.2, 0.25) is 0 Å². The summed E-state index contributed by atoms with van der Waals surface area (Å²) in [6.45, 7) is 6.94. The molecule has 0 saturated carbocycles. The van der Waals surface area contributed by atoms with E-state index in [0.717, 1.165) is 6.42 Å². The maximum absolute atomic E-state index is 12.1. The number of piperazine rings is 1.